The van der Waals surface area contributed by atoms with Gasteiger partial charge in [-0.15, -0.1) is 74.9 Å². The molecule has 0 saturated carbocycles. The van der Waals surface area contributed by atoms with Gasteiger partial charge in [0.25, 0.3) is 5.31 Å². The summed E-state index contributed by atoms with van der Waals surface area (Å²) in [6, 6.07) is 40.7. The molecule has 452 valence electrons. The molecular formula is C50H92Br4Cl4O12Si8. The zero-order valence-electron chi connectivity index (χ0n) is 49.7. The molecule has 0 aromatic heterocycles. The van der Waals surface area contributed by atoms with Crippen LogP contribution in [0.4, 0.5) is 0 Å². The quantitative estimate of drug-likeness (QED) is 0.0552. The standard InChI is InChI=1S/C12H10Br2Si.C12H10Cl2Si.2C6H16O4Si.C6H16O2Si.C4H12O2Si.C2H6Br2Si.C2H6Cl2Si/c2*13-15(14,11-7-3-1-4-8-11)12-9-5-2-6-10-12;2*1-5-9-11(7-3,8-4)10-6-2;1-5-7-9(3,4)8-6-2;1-5-7(3,4)6-2;2*1-5(2,3)4/h2*1-10H;2*5-6H2,1-4H3;5-6H2,1-4H3;1-4H3;2*1-2H3. The van der Waals surface area contributed by atoms with Gasteiger partial charge in [0.1, 0.15) is 0 Å². The molecule has 28 heteroatoms. The number of hydrogen-bond donors (Lipinski definition) is 0. The smallest absolute Gasteiger partial charge is 0.398 e. The lowest BCUT2D eigenvalue weighted by Crippen LogP contribution is -2.48. The highest BCUT2D eigenvalue weighted by molar-refractivity contribution is 9.52. The van der Waals surface area contributed by atoms with Gasteiger partial charge in [-0.1, -0.05) is 165 Å². The van der Waals surface area contributed by atoms with Gasteiger partial charge in [-0.05, 0) is 102 Å². The predicted octanol–water partition coefficient (Wildman–Crippen LogP) is 14.7. The van der Waals surface area contributed by atoms with E-state index in [1.807, 2.05) is 141 Å². The summed E-state index contributed by atoms with van der Waals surface area (Å²) < 4.78 is 61.9. The Balaban J connectivity index is -0.000000413. The van der Waals surface area contributed by atoms with E-state index >= 15 is 0 Å². The average Bonchev–Trinajstić information content (AvgIpc) is 3.39. The van der Waals surface area contributed by atoms with Gasteiger partial charge in [0.05, 0.1) is 0 Å². The molecule has 0 bridgehead atoms. The van der Waals surface area contributed by atoms with Crippen molar-refractivity contribution in [2.24, 2.45) is 0 Å². The lowest BCUT2D eigenvalue weighted by molar-refractivity contribution is -0.00359. The van der Waals surface area contributed by atoms with E-state index < -0.39 is 59.2 Å². The first kappa shape index (κ1) is 85.7. The summed E-state index contributed by atoms with van der Waals surface area (Å²) in [5.41, 5.74) is 0. The second kappa shape index (κ2) is 47.4. The molecule has 0 radical (unpaired) electrons. The second-order valence-corrected chi connectivity index (χ2v) is 74.2. The fourth-order valence-corrected chi connectivity index (χ4v) is 17.5. The molecule has 0 N–H and O–H groups in total. The minimum atomic E-state index is -2.74. The average molecular weight is 1570 g/mol. The molecule has 0 atom stereocenters. The molecule has 0 amide bonds. The highest BCUT2D eigenvalue weighted by Gasteiger charge is 2.43. The Morgan fingerprint density at radius 1 is 0.321 bits per heavy atom. The molecule has 4 aromatic carbocycles. The minimum Gasteiger partial charge on any atom is -0.398 e. The highest BCUT2D eigenvalue weighted by atomic mass is 79.9. The van der Waals surface area contributed by atoms with Crippen molar-refractivity contribution in [3.8, 4) is 0 Å². The Labute approximate surface area is 530 Å². The number of rotatable bonds is 22. The summed E-state index contributed by atoms with van der Waals surface area (Å²) in [5, 5.41) is 1.90. The Kier molecular flexibility index (Phi) is 52.0. The van der Waals surface area contributed by atoms with Crippen molar-refractivity contribution in [1.82, 2.24) is 0 Å². The van der Waals surface area contributed by atoms with Crippen molar-refractivity contribution in [2.45, 2.75) is 93.9 Å². The molecule has 0 aliphatic rings. The molecule has 0 unspecified atom stereocenters. The largest absolute Gasteiger partial charge is 0.679 e. The van der Waals surface area contributed by atoms with Crippen molar-refractivity contribution >= 4 is 185 Å². The van der Waals surface area contributed by atoms with Gasteiger partial charge in [-0.3, -0.25) is 0 Å². The molecule has 78 heavy (non-hydrogen) atoms. The summed E-state index contributed by atoms with van der Waals surface area (Å²) in [6.07, 6.45) is 0. The van der Waals surface area contributed by atoms with Gasteiger partial charge in [0.2, 0.25) is 6.69 Å². The Morgan fingerprint density at radius 3 is 0.667 bits per heavy atom. The Morgan fingerprint density at radius 2 is 0.513 bits per heavy atom. The van der Waals surface area contributed by atoms with Crippen LogP contribution in [0.2, 0.25) is 52.4 Å². The number of halogens is 8. The van der Waals surface area contributed by atoms with Crippen molar-refractivity contribution in [3.63, 3.8) is 0 Å². The van der Waals surface area contributed by atoms with Gasteiger partial charge in [0, 0.05) is 82.3 Å². The van der Waals surface area contributed by atoms with Crippen LogP contribution in [0, 0.1) is 0 Å². The van der Waals surface area contributed by atoms with E-state index in [4.69, 9.17) is 97.4 Å². The first-order valence-corrected chi connectivity index (χ1v) is 57.0. The number of benzene rings is 4. The van der Waals surface area contributed by atoms with Gasteiger partial charge < -0.3 is 53.1 Å². The molecule has 0 aliphatic carbocycles. The van der Waals surface area contributed by atoms with Crippen LogP contribution in [0.3, 0.4) is 0 Å². The summed E-state index contributed by atoms with van der Waals surface area (Å²) in [6.45, 7) is 27.1. The molecule has 12 nitrogen and oxygen atoms in total. The molecule has 4 aromatic rings. The van der Waals surface area contributed by atoms with Crippen LogP contribution in [0.5, 0.6) is 0 Å². The third kappa shape index (κ3) is 45.6. The molecule has 0 spiro atoms. The van der Waals surface area contributed by atoms with Crippen molar-refractivity contribution in [2.75, 3.05) is 82.3 Å². The summed E-state index contributed by atoms with van der Waals surface area (Å²) in [4.78, 5) is 0. The van der Waals surface area contributed by atoms with Crippen LogP contribution in [-0.4, -0.2) is 142 Å². The first-order valence-electron chi connectivity index (χ1n) is 25.0. The number of hydrogen-bond acceptors (Lipinski definition) is 12. The molecular weight excluding hydrogens is 1480 g/mol. The lowest BCUT2D eigenvalue weighted by atomic mass is 10.4. The highest BCUT2D eigenvalue weighted by Crippen LogP contribution is 2.20. The fraction of sp³-hybridized carbons (Fsp3) is 0.520. The summed E-state index contributed by atoms with van der Waals surface area (Å²) in [5.74, 6) is 0. The first-order chi connectivity index (χ1) is 36.1. The lowest BCUT2D eigenvalue weighted by Gasteiger charge is -2.23. The van der Waals surface area contributed by atoms with E-state index in [-0.39, 0.29) is 0 Å². The summed E-state index contributed by atoms with van der Waals surface area (Å²) >= 11 is 38.4. The van der Waals surface area contributed by atoms with Gasteiger partial charge >= 0.3 is 41.9 Å². The van der Waals surface area contributed by atoms with Gasteiger partial charge in [-0.2, -0.15) is 0 Å². The molecule has 4 rings (SSSR count). The Bertz CT molecular complexity index is 1730. The van der Waals surface area contributed by atoms with E-state index in [9.17, 15) is 0 Å². The van der Waals surface area contributed by atoms with E-state index in [1.165, 1.54) is 38.8 Å². The zero-order chi connectivity index (χ0) is 61.2. The van der Waals surface area contributed by atoms with Crippen molar-refractivity contribution in [1.29, 1.82) is 0 Å². The van der Waals surface area contributed by atoms with Gasteiger partial charge in [0.15, 0.2) is 5.31 Å². The van der Waals surface area contributed by atoms with Crippen molar-refractivity contribution < 1.29 is 53.1 Å². The monoisotopic (exact) mass is 1560 g/mol. The van der Waals surface area contributed by atoms with Crippen LogP contribution in [0.15, 0.2) is 121 Å². The van der Waals surface area contributed by atoms with Crippen LogP contribution in [0.25, 0.3) is 0 Å². The Hall–Kier alpha value is 1.22. The topological polar surface area (TPSA) is 111 Å². The maximum absolute atomic E-state index is 6.49. The van der Waals surface area contributed by atoms with Crippen LogP contribution < -0.4 is 20.7 Å². The van der Waals surface area contributed by atoms with E-state index in [0.29, 0.717) is 26.4 Å². The van der Waals surface area contributed by atoms with Crippen LogP contribution in [-0.2, 0) is 53.1 Å². The zero-order valence-corrected chi connectivity index (χ0v) is 67.1. The van der Waals surface area contributed by atoms with Crippen molar-refractivity contribution in [3.05, 3.63) is 121 Å². The van der Waals surface area contributed by atoms with Crippen LogP contribution >= 0.6 is 105 Å². The van der Waals surface area contributed by atoms with Gasteiger partial charge in [-0.25, -0.2) is 0 Å². The maximum Gasteiger partial charge on any atom is 0.679 e. The van der Waals surface area contributed by atoms with E-state index in [0.717, 1.165) is 23.6 Å². The summed E-state index contributed by atoms with van der Waals surface area (Å²) in [7, 11) is 0.626. The fourth-order valence-electron chi connectivity index (χ4n) is 5.17. The third-order valence-electron chi connectivity index (χ3n) is 8.80. The molecule has 0 aliphatic heterocycles. The molecule has 0 heterocycles. The van der Waals surface area contributed by atoms with Crippen LogP contribution in [0.1, 0.15) is 41.5 Å². The predicted molar refractivity (Wildman–Crippen MR) is 368 cm³/mol. The molecule has 0 saturated heterocycles. The minimum absolute atomic E-state index is 0.536. The normalized spacial score (nSPS) is 11.7. The third-order valence-corrected chi connectivity index (χ3v) is 29.6. The molecule has 0 fully saturated rings. The van der Waals surface area contributed by atoms with E-state index in [2.05, 4.69) is 136 Å². The second-order valence-electron chi connectivity index (χ2n) is 16.9. The van der Waals surface area contributed by atoms with E-state index in [1.54, 1.807) is 14.2 Å². The SMILES string of the molecule is Br[Si](Br)(c1ccccc1)c1ccccc1.CCO[Si](C)(C)OCC.CCO[Si](OC)(OC)OCC.CCO[Si](OC)(OC)OCC.CO[Si](C)(C)OC.C[Si](C)(Br)Br.C[Si](C)(Cl)Cl.Cl[Si](Cl)(c1ccccc1)c1ccccc1. The maximum atomic E-state index is 6.49.